The molecule has 3 aromatic rings. The molecule has 0 fully saturated rings. The van der Waals surface area contributed by atoms with Crippen molar-refractivity contribution in [3.05, 3.63) is 104 Å². The number of hydrogen-bond acceptors (Lipinski definition) is 3. The number of amides is 2. The molecule has 1 atom stereocenters. The third-order valence-electron chi connectivity index (χ3n) is 5.75. The predicted octanol–water partition coefficient (Wildman–Crippen LogP) is 7.00. The summed E-state index contributed by atoms with van der Waals surface area (Å²) in [6.45, 7) is 3.08. The third-order valence-corrected chi connectivity index (χ3v) is 7.76. The van der Waals surface area contributed by atoms with Crippen molar-refractivity contribution in [1.29, 1.82) is 0 Å². The first-order valence-electron chi connectivity index (χ1n) is 12.1. The first-order valence-corrected chi connectivity index (χ1v) is 14.9. The second kappa shape index (κ2) is 15.2. The SMILES string of the molecule is CCCCNC(=O)[C@@H](Cc1ccccc1)N(Cc1cccc(Br)c1)C(=O)CSCc1ccc(Br)cc1. The summed E-state index contributed by atoms with van der Waals surface area (Å²) in [4.78, 5) is 28.8. The molecule has 0 saturated heterocycles. The highest BCUT2D eigenvalue weighted by Crippen LogP contribution is 2.21. The highest BCUT2D eigenvalue weighted by atomic mass is 79.9. The Morgan fingerprint density at radius 3 is 2.31 bits per heavy atom. The van der Waals surface area contributed by atoms with Gasteiger partial charge in [0.05, 0.1) is 5.75 Å². The molecule has 0 aliphatic heterocycles. The Morgan fingerprint density at radius 1 is 0.889 bits per heavy atom. The molecule has 0 unspecified atom stereocenters. The van der Waals surface area contributed by atoms with E-state index in [0.717, 1.165) is 44.2 Å². The highest BCUT2D eigenvalue weighted by molar-refractivity contribution is 9.10. The molecule has 3 rings (SSSR count). The Balaban J connectivity index is 1.82. The largest absolute Gasteiger partial charge is 0.354 e. The van der Waals surface area contributed by atoms with E-state index in [4.69, 9.17) is 0 Å². The number of hydrogen-bond donors (Lipinski definition) is 1. The van der Waals surface area contributed by atoms with Gasteiger partial charge in [0.1, 0.15) is 6.04 Å². The van der Waals surface area contributed by atoms with Crippen LogP contribution in [-0.4, -0.2) is 35.1 Å². The van der Waals surface area contributed by atoms with E-state index in [1.54, 1.807) is 16.7 Å². The monoisotopic (exact) mass is 630 g/mol. The van der Waals surface area contributed by atoms with Crippen LogP contribution < -0.4 is 5.32 Å². The molecule has 36 heavy (non-hydrogen) atoms. The molecule has 4 nitrogen and oxygen atoms in total. The highest BCUT2D eigenvalue weighted by Gasteiger charge is 2.30. The molecule has 0 aromatic heterocycles. The zero-order valence-corrected chi connectivity index (χ0v) is 24.4. The molecule has 0 spiro atoms. The topological polar surface area (TPSA) is 49.4 Å². The van der Waals surface area contributed by atoms with Crippen molar-refractivity contribution >= 4 is 55.4 Å². The zero-order chi connectivity index (χ0) is 25.8. The number of nitrogens with zero attached hydrogens (tertiary/aromatic N) is 1. The van der Waals surface area contributed by atoms with Gasteiger partial charge in [-0.3, -0.25) is 9.59 Å². The maximum absolute atomic E-state index is 13.6. The first kappa shape index (κ1) is 28.5. The normalized spacial score (nSPS) is 11.6. The fourth-order valence-electron chi connectivity index (χ4n) is 3.81. The minimum Gasteiger partial charge on any atom is -0.354 e. The van der Waals surface area contributed by atoms with E-state index in [2.05, 4.69) is 56.2 Å². The minimum absolute atomic E-state index is 0.0383. The molecule has 3 aromatic carbocycles. The van der Waals surface area contributed by atoms with Crippen LogP contribution in [-0.2, 0) is 28.3 Å². The van der Waals surface area contributed by atoms with Crippen molar-refractivity contribution in [3.8, 4) is 0 Å². The van der Waals surface area contributed by atoms with Crippen LogP contribution in [0.1, 0.15) is 36.5 Å². The molecule has 0 saturated carbocycles. The smallest absolute Gasteiger partial charge is 0.243 e. The fourth-order valence-corrected chi connectivity index (χ4v) is 5.39. The third kappa shape index (κ3) is 9.41. The van der Waals surface area contributed by atoms with Gasteiger partial charge >= 0.3 is 0 Å². The van der Waals surface area contributed by atoms with Gasteiger partial charge in [-0.25, -0.2) is 0 Å². The molecule has 2 amide bonds. The quantitative estimate of drug-likeness (QED) is 0.207. The second-order valence-electron chi connectivity index (χ2n) is 8.62. The Hall–Kier alpha value is -2.09. The van der Waals surface area contributed by atoms with Crippen molar-refractivity contribution in [2.75, 3.05) is 12.3 Å². The van der Waals surface area contributed by atoms with Crippen molar-refractivity contribution in [1.82, 2.24) is 10.2 Å². The molecule has 0 aliphatic carbocycles. The van der Waals surface area contributed by atoms with Crippen LogP contribution in [0.3, 0.4) is 0 Å². The van der Waals surface area contributed by atoms with Crippen LogP contribution in [0.4, 0.5) is 0 Å². The number of thioether (sulfide) groups is 1. The van der Waals surface area contributed by atoms with E-state index in [1.165, 1.54) is 0 Å². The number of rotatable bonds is 13. The Bertz CT molecular complexity index is 1110. The van der Waals surface area contributed by atoms with Gasteiger partial charge in [0.25, 0.3) is 0 Å². The van der Waals surface area contributed by atoms with Gasteiger partial charge in [-0.2, -0.15) is 0 Å². The Morgan fingerprint density at radius 2 is 1.61 bits per heavy atom. The summed E-state index contributed by atoms with van der Waals surface area (Å²) in [5.74, 6) is 0.894. The van der Waals surface area contributed by atoms with E-state index >= 15 is 0 Å². The van der Waals surface area contributed by atoms with Gasteiger partial charge in [-0.05, 0) is 47.4 Å². The van der Waals surface area contributed by atoms with Crippen LogP contribution in [0.15, 0.2) is 87.8 Å². The van der Waals surface area contributed by atoms with Gasteiger partial charge in [-0.1, -0.05) is 99.8 Å². The Kier molecular flexibility index (Phi) is 12.0. The second-order valence-corrected chi connectivity index (χ2v) is 11.4. The average Bonchev–Trinajstić information content (AvgIpc) is 2.88. The molecular formula is C29H32Br2N2O2S. The molecule has 7 heteroatoms. The summed E-state index contributed by atoms with van der Waals surface area (Å²) >= 11 is 8.57. The zero-order valence-electron chi connectivity index (χ0n) is 20.5. The van der Waals surface area contributed by atoms with Crippen LogP contribution >= 0.6 is 43.6 Å². The molecule has 190 valence electrons. The van der Waals surface area contributed by atoms with E-state index in [9.17, 15) is 9.59 Å². The standard InChI is InChI=1S/C29H32Br2N2O2S/c1-2-3-16-32-29(35)27(18-22-8-5-4-6-9-22)33(19-24-10-7-11-26(31)17-24)28(34)21-36-20-23-12-14-25(30)15-13-23/h4-15,17,27H,2-3,16,18-21H2,1H3,(H,32,35)/t27-/m1/s1. The van der Waals surface area contributed by atoms with Gasteiger partial charge in [0.15, 0.2) is 0 Å². The summed E-state index contributed by atoms with van der Waals surface area (Å²) < 4.78 is 1.98. The Labute approximate surface area is 235 Å². The van der Waals surface area contributed by atoms with E-state index < -0.39 is 6.04 Å². The van der Waals surface area contributed by atoms with Crippen molar-refractivity contribution in [2.45, 2.75) is 44.5 Å². The number of unbranched alkanes of at least 4 members (excludes halogenated alkanes) is 1. The number of nitrogens with one attached hydrogen (secondary N) is 1. The lowest BCUT2D eigenvalue weighted by Gasteiger charge is -2.31. The van der Waals surface area contributed by atoms with Crippen LogP contribution in [0.2, 0.25) is 0 Å². The summed E-state index contributed by atoms with van der Waals surface area (Å²) in [6.07, 6.45) is 2.37. The van der Waals surface area contributed by atoms with Crippen LogP contribution in [0.25, 0.3) is 0 Å². The first-order chi connectivity index (χ1) is 17.5. The van der Waals surface area contributed by atoms with Gasteiger partial charge in [-0.15, -0.1) is 11.8 Å². The maximum Gasteiger partial charge on any atom is 0.243 e. The van der Waals surface area contributed by atoms with E-state index in [0.29, 0.717) is 25.3 Å². The van der Waals surface area contributed by atoms with Gasteiger partial charge in [0, 0.05) is 34.2 Å². The average molecular weight is 632 g/mol. The lowest BCUT2D eigenvalue weighted by molar-refractivity contribution is -0.139. The number of benzene rings is 3. The fraction of sp³-hybridized carbons (Fsp3) is 0.310. The molecular weight excluding hydrogens is 600 g/mol. The predicted molar refractivity (Wildman–Crippen MR) is 157 cm³/mol. The van der Waals surface area contributed by atoms with E-state index in [-0.39, 0.29) is 11.8 Å². The molecule has 0 radical (unpaired) electrons. The molecule has 0 bridgehead atoms. The number of carbonyl (C=O) groups excluding carboxylic acids is 2. The lowest BCUT2D eigenvalue weighted by atomic mass is 10.0. The minimum atomic E-state index is -0.594. The lowest BCUT2D eigenvalue weighted by Crippen LogP contribution is -2.51. The van der Waals surface area contributed by atoms with Crippen LogP contribution in [0.5, 0.6) is 0 Å². The summed E-state index contributed by atoms with van der Waals surface area (Å²) in [5, 5.41) is 3.07. The van der Waals surface area contributed by atoms with Crippen LogP contribution in [0, 0.1) is 0 Å². The molecule has 0 heterocycles. The summed E-state index contributed by atoms with van der Waals surface area (Å²) in [5.41, 5.74) is 3.17. The summed E-state index contributed by atoms with van der Waals surface area (Å²) in [7, 11) is 0. The molecule has 0 aliphatic rings. The van der Waals surface area contributed by atoms with Crippen molar-refractivity contribution in [2.24, 2.45) is 0 Å². The maximum atomic E-state index is 13.6. The van der Waals surface area contributed by atoms with Gasteiger partial charge in [0.2, 0.25) is 11.8 Å². The van der Waals surface area contributed by atoms with Gasteiger partial charge < -0.3 is 10.2 Å². The number of halogens is 2. The van der Waals surface area contributed by atoms with Crippen molar-refractivity contribution < 1.29 is 9.59 Å². The number of carbonyl (C=O) groups is 2. The van der Waals surface area contributed by atoms with E-state index in [1.807, 2.05) is 66.7 Å². The molecule has 1 N–H and O–H groups in total. The summed E-state index contributed by atoms with van der Waals surface area (Å²) in [6, 6.07) is 25.4. The van der Waals surface area contributed by atoms with Crippen molar-refractivity contribution in [3.63, 3.8) is 0 Å².